The lowest BCUT2D eigenvalue weighted by Gasteiger charge is -2.28. The molecule has 1 saturated heterocycles. The molecule has 0 aromatic heterocycles. The van der Waals surface area contributed by atoms with E-state index in [0.717, 1.165) is 10.8 Å². The lowest BCUT2D eigenvalue weighted by molar-refractivity contribution is -0.0441. The summed E-state index contributed by atoms with van der Waals surface area (Å²) in [5.41, 5.74) is 1.00. The Labute approximate surface area is 127 Å². The summed E-state index contributed by atoms with van der Waals surface area (Å²) in [6.07, 6.45) is -0.263. The molecule has 2 rings (SSSR count). The van der Waals surface area contributed by atoms with Crippen molar-refractivity contribution in [1.82, 2.24) is 0 Å². The molecule has 0 N–H and O–H groups in total. The van der Waals surface area contributed by atoms with Crippen molar-refractivity contribution in [2.45, 2.75) is 27.1 Å². The zero-order valence-electron chi connectivity index (χ0n) is 13.0. The summed E-state index contributed by atoms with van der Waals surface area (Å²) in [5, 5.41) is 0.967. The molecule has 1 heterocycles. The molecule has 1 aliphatic heterocycles. The maximum Gasteiger partial charge on any atom is 0.537 e. The van der Waals surface area contributed by atoms with E-state index in [1.54, 1.807) is 0 Å². The third-order valence-electron chi connectivity index (χ3n) is 3.16. The molecule has 6 heteroatoms. The summed E-state index contributed by atoms with van der Waals surface area (Å²) in [5.74, 6) is 0. The lowest BCUT2D eigenvalue weighted by Crippen LogP contribution is -2.56. The second kappa shape index (κ2) is 8.02. The van der Waals surface area contributed by atoms with Gasteiger partial charge in [-0.2, -0.15) is 0 Å². The summed E-state index contributed by atoms with van der Waals surface area (Å²) in [7, 11) is -2.82. The summed E-state index contributed by atoms with van der Waals surface area (Å²) >= 11 is 0. The van der Waals surface area contributed by atoms with Crippen LogP contribution in [0.1, 0.15) is 32.6 Å². The molecule has 1 aromatic carbocycles. The zero-order valence-corrected chi connectivity index (χ0v) is 14.0. The van der Waals surface area contributed by atoms with Gasteiger partial charge in [0.05, 0.1) is 13.2 Å². The molecule has 0 unspecified atom stereocenters. The quantitative estimate of drug-likeness (QED) is 0.687. The molecule has 0 saturated carbocycles. The molecule has 1 fully saturated rings. The van der Waals surface area contributed by atoms with Gasteiger partial charge in [0.1, 0.15) is 0 Å². The first-order chi connectivity index (χ1) is 10.3. The van der Waals surface area contributed by atoms with E-state index in [1.807, 2.05) is 45.0 Å². The number of hydrogen-bond donors (Lipinski definition) is 0. The Morgan fingerprint density at radius 2 is 1.38 bits per heavy atom. The first-order valence-corrected chi connectivity index (χ1v) is 9.23. The first kappa shape index (κ1) is 16.6. The third-order valence-corrected chi connectivity index (χ3v) is 6.21. The number of benzene rings is 1. The van der Waals surface area contributed by atoms with Crippen molar-refractivity contribution in [2.75, 3.05) is 33.0 Å². The minimum Gasteiger partial charge on any atom is -0.370 e. The Kier molecular flexibility index (Phi) is 6.34. The van der Waals surface area contributed by atoms with E-state index in [1.165, 1.54) is 0 Å². The molecule has 0 atom stereocenters. The van der Waals surface area contributed by atoms with Gasteiger partial charge in [0, 0.05) is 30.6 Å². The molecular weight excluding hydrogens is 288 g/mol. The minimum absolute atomic E-state index is 0.263. The molecule has 0 aliphatic carbocycles. The van der Waals surface area contributed by atoms with E-state index in [-0.39, 0.29) is 6.29 Å². The van der Waals surface area contributed by atoms with E-state index >= 15 is 0 Å². The van der Waals surface area contributed by atoms with Crippen LogP contribution in [0, 0.1) is 0 Å². The second-order valence-electron chi connectivity index (χ2n) is 4.55. The molecular formula is C15H24O5Si. The van der Waals surface area contributed by atoms with E-state index in [0.29, 0.717) is 33.0 Å². The van der Waals surface area contributed by atoms with Crippen molar-refractivity contribution < 1.29 is 22.8 Å². The Balaban J connectivity index is 2.22. The van der Waals surface area contributed by atoms with Gasteiger partial charge < -0.3 is 22.8 Å². The number of hydrogen-bond acceptors (Lipinski definition) is 5. The number of ether oxygens (including phenoxy) is 2. The minimum atomic E-state index is -2.82. The largest absolute Gasteiger partial charge is 0.537 e. The molecule has 1 aliphatic rings. The summed E-state index contributed by atoms with van der Waals surface area (Å²) in [6, 6.07) is 7.97. The Morgan fingerprint density at radius 1 is 0.905 bits per heavy atom. The average Bonchev–Trinajstić information content (AvgIpc) is 3.02. The van der Waals surface area contributed by atoms with Crippen LogP contribution in [-0.4, -0.2) is 41.8 Å². The van der Waals surface area contributed by atoms with Crippen molar-refractivity contribution in [3.8, 4) is 0 Å². The molecule has 21 heavy (non-hydrogen) atoms. The van der Waals surface area contributed by atoms with Crippen LogP contribution in [0.15, 0.2) is 24.3 Å². The van der Waals surface area contributed by atoms with Gasteiger partial charge in [-0.3, -0.25) is 0 Å². The van der Waals surface area contributed by atoms with E-state index in [9.17, 15) is 0 Å². The fourth-order valence-electron chi connectivity index (χ4n) is 2.34. The van der Waals surface area contributed by atoms with Crippen molar-refractivity contribution in [3.05, 3.63) is 29.8 Å². The van der Waals surface area contributed by atoms with Crippen LogP contribution in [0.3, 0.4) is 0 Å². The SMILES string of the molecule is CCO[Si](OCC)(OCC)c1ccc(C2OCCO2)cc1. The van der Waals surface area contributed by atoms with Gasteiger partial charge >= 0.3 is 8.80 Å². The van der Waals surface area contributed by atoms with Gasteiger partial charge in [-0.1, -0.05) is 24.3 Å². The standard InChI is InChI=1S/C15H24O5Si/c1-4-18-21(19-5-2,20-6-3)14-9-7-13(8-10-14)15-16-11-12-17-15/h7-10,15H,4-6,11-12H2,1-3H3. The molecule has 5 nitrogen and oxygen atoms in total. The fraction of sp³-hybridized carbons (Fsp3) is 0.600. The Morgan fingerprint density at radius 3 is 1.81 bits per heavy atom. The molecule has 0 radical (unpaired) electrons. The average molecular weight is 312 g/mol. The lowest BCUT2D eigenvalue weighted by atomic mass is 10.2. The van der Waals surface area contributed by atoms with Crippen molar-refractivity contribution >= 4 is 14.0 Å². The van der Waals surface area contributed by atoms with Crippen LogP contribution in [0.5, 0.6) is 0 Å². The fourth-order valence-corrected chi connectivity index (χ4v) is 4.81. The summed E-state index contributed by atoms with van der Waals surface area (Å²) in [6.45, 7) is 8.81. The van der Waals surface area contributed by atoms with Crippen LogP contribution in [-0.2, 0) is 22.8 Å². The van der Waals surface area contributed by atoms with Gasteiger partial charge in [0.2, 0.25) is 0 Å². The Bertz CT molecular complexity index is 400. The predicted molar refractivity (Wildman–Crippen MR) is 81.4 cm³/mol. The van der Waals surface area contributed by atoms with Crippen LogP contribution < -0.4 is 5.19 Å². The third kappa shape index (κ3) is 3.91. The predicted octanol–water partition coefficient (Wildman–Crippen LogP) is 1.99. The summed E-state index contributed by atoms with van der Waals surface area (Å²) < 4.78 is 28.7. The normalized spacial score (nSPS) is 16.5. The molecule has 118 valence electrons. The van der Waals surface area contributed by atoms with Gasteiger partial charge in [0.15, 0.2) is 6.29 Å². The molecule has 0 amide bonds. The topological polar surface area (TPSA) is 46.2 Å². The van der Waals surface area contributed by atoms with Crippen molar-refractivity contribution in [1.29, 1.82) is 0 Å². The smallest absolute Gasteiger partial charge is 0.370 e. The monoisotopic (exact) mass is 312 g/mol. The zero-order chi connectivity index (χ0) is 15.1. The first-order valence-electron chi connectivity index (χ1n) is 7.51. The maximum atomic E-state index is 5.89. The van der Waals surface area contributed by atoms with E-state index in [2.05, 4.69) is 0 Å². The number of rotatable bonds is 8. The highest BCUT2D eigenvalue weighted by molar-refractivity contribution is 6.75. The van der Waals surface area contributed by atoms with E-state index in [4.69, 9.17) is 22.8 Å². The van der Waals surface area contributed by atoms with Gasteiger partial charge in [0.25, 0.3) is 0 Å². The highest BCUT2D eigenvalue weighted by Crippen LogP contribution is 2.23. The molecule has 1 aromatic rings. The maximum absolute atomic E-state index is 5.89. The summed E-state index contributed by atoms with van der Waals surface area (Å²) in [4.78, 5) is 0. The van der Waals surface area contributed by atoms with Gasteiger partial charge in [-0.05, 0) is 20.8 Å². The highest BCUT2D eigenvalue weighted by Gasteiger charge is 2.43. The van der Waals surface area contributed by atoms with Crippen LogP contribution in [0.2, 0.25) is 0 Å². The van der Waals surface area contributed by atoms with Crippen molar-refractivity contribution in [2.24, 2.45) is 0 Å². The Hall–Kier alpha value is -0.763. The van der Waals surface area contributed by atoms with Crippen LogP contribution in [0.4, 0.5) is 0 Å². The van der Waals surface area contributed by atoms with Gasteiger partial charge in [-0.15, -0.1) is 0 Å². The highest BCUT2D eigenvalue weighted by atomic mass is 28.4. The molecule has 0 bridgehead atoms. The van der Waals surface area contributed by atoms with Gasteiger partial charge in [-0.25, -0.2) is 0 Å². The van der Waals surface area contributed by atoms with Crippen molar-refractivity contribution in [3.63, 3.8) is 0 Å². The van der Waals surface area contributed by atoms with E-state index < -0.39 is 8.80 Å². The van der Waals surface area contributed by atoms with Crippen LogP contribution in [0.25, 0.3) is 0 Å². The molecule has 0 spiro atoms. The second-order valence-corrected chi connectivity index (χ2v) is 7.11. The van der Waals surface area contributed by atoms with Crippen LogP contribution >= 0.6 is 0 Å².